The van der Waals surface area contributed by atoms with Crippen LogP contribution in [0.25, 0.3) is 0 Å². The van der Waals surface area contributed by atoms with Gasteiger partial charge in [-0.1, -0.05) is 18.2 Å². The average molecular weight is 283 g/mol. The van der Waals surface area contributed by atoms with Gasteiger partial charge in [0, 0.05) is 31.3 Å². The first kappa shape index (κ1) is 14.7. The zero-order chi connectivity index (χ0) is 13.7. The molecule has 0 aromatic rings. The highest BCUT2D eigenvalue weighted by molar-refractivity contribution is 8.13. The van der Waals surface area contributed by atoms with E-state index in [4.69, 9.17) is 0 Å². The minimum absolute atomic E-state index is 0.217. The van der Waals surface area contributed by atoms with Crippen LogP contribution in [0.1, 0.15) is 39.5 Å². The van der Waals surface area contributed by atoms with Crippen molar-refractivity contribution in [2.75, 3.05) is 25.4 Å². The standard InChI is InChI=1S/C14H25N3OS/c1-3-17(4-2)13(18)8-9-15-14-16-12-7-5-6-11(12)10-19-14/h11-12H,3-10H2,1-2H3,(H,15,16). The molecule has 1 N–H and O–H groups in total. The Balaban J connectivity index is 1.75. The Morgan fingerprint density at radius 3 is 2.95 bits per heavy atom. The molecule has 0 radical (unpaired) electrons. The van der Waals surface area contributed by atoms with Gasteiger partial charge in [0.15, 0.2) is 5.17 Å². The normalized spacial score (nSPS) is 28.0. The van der Waals surface area contributed by atoms with Crippen molar-refractivity contribution in [3.05, 3.63) is 0 Å². The number of nitrogens with zero attached hydrogens (tertiary/aromatic N) is 2. The lowest BCUT2D eigenvalue weighted by atomic mass is 10.1. The molecule has 1 aliphatic heterocycles. The summed E-state index contributed by atoms with van der Waals surface area (Å²) in [5.74, 6) is 2.25. The van der Waals surface area contributed by atoms with Gasteiger partial charge in [-0.2, -0.15) is 0 Å². The van der Waals surface area contributed by atoms with Gasteiger partial charge in [0.2, 0.25) is 5.91 Å². The second kappa shape index (κ2) is 7.17. The highest BCUT2D eigenvalue weighted by Gasteiger charge is 2.31. The number of amides is 1. The maximum Gasteiger partial charge on any atom is 0.224 e. The Morgan fingerprint density at radius 2 is 2.21 bits per heavy atom. The number of carbonyl (C=O) groups excluding carboxylic acids is 1. The molecular formula is C14H25N3OS. The third kappa shape index (κ3) is 3.88. The average Bonchev–Trinajstić information content (AvgIpc) is 2.87. The fourth-order valence-electron chi connectivity index (χ4n) is 2.89. The zero-order valence-corrected chi connectivity index (χ0v) is 12.8. The summed E-state index contributed by atoms with van der Waals surface area (Å²) in [7, 11) is 0. The van der Waals surface area contributed by atoms with Gasteiger partial charge in [-0.25, -0.2) is 0 Å². The van der Waals surface area contributed by atoms with Gasteiger partial charge in [0.05, 0.1) is 6.54 Å². The second-order valence-electron chi connectivity index (χ2n) is 5.26. The minimum Gasteiger partial charge on any atom is -0.362 e. The van der Waals surface area contributed by atoms with Gasteiger partial charge in [-0.05, 0) is 32.6 Å². The molecule has 1 saturated carbocycles. The van der Waals surface area contributed by atoms with E-state index in [1.807, 2.05) is 30.5 Å². The number of fused-ring (bicyclic) bond motifs is 1. The number of carbonyl (C=O) groups is 1. The Bertz CT molecular complexity index is 342. The van der Waals surface area contributed by atoms with Crippen molar-refractivity contribution in [1.29, 1.82) is 0 Å². The van der Waals surface area contributed by atoms with Crippen LogP contribution in [0.2, 0.25) is 0 Å². The van der Waals surface area contributed by atoms with Crippen LogP contribution in [0.15, 0.2) is 4.99 Å². The molecule has 1 heterocycles. The Hall–Kier alpha value is -0.710. The molecule has 2 fully saturated rings. The molecule has 4 nitrogen and oxygen atoms in total. The number of amidine groups is 1. The van der Waals surface area contributed by atoms with E-state index in [2.05, 4.69) is 10.3 Å². The predicted molar refractivity (Wildman–Crippen MR) is 81.6 cm³/mol. The molecule has 0 aromatic carbocycles. The summed E-state index contributed by atoms with van der Waals surface area (Å²) < 4.78 is 0. The van der Waals surface area contributed by atoms with Crippen molar-refractivity contribution in [1.82, 2.24) is 10.2 Å². The molecule has 108 valence electrons. The zero-order valence-electron chi connectivity index (χ0n) is 12.0. The van der Waals surface area contributed by atoms with E-state index < -0.39 is 0 Å². The van der Waals surface area contributed by atoms with Crippen molar-refractivity contribution in [3.8, 4) is 0 Å². The molecule has 1 aliphatic carbocycles. The highest BCUT2D eigenvalue weighted by atomic mass is 32.2. The molecule has 5 heteroatoms. The van der Waals surface area contributed by atoms with Gasteiger partial charge in [0.1, 0.15) is 0 Å². The van der Waals surface area contributed by atoms with E-state index in [0.717, 1.165) is 24.2 Å². The van der Waals surface area contributed by atoms with E-state index in [-0.39, 0.29) is 5.91 Å². The van der Waals surface area contributed by atoms with Crippen molar-refractivity contribution in [2.45, 2.75) is 45.6 Å². The summed E-state index contributed by atoms with van der Waals surface area (Å²) in [6.07, 6.45) is 4.51. The topological polar surface area (TPSA) is 44.7 Å². The van der Waals surface area contributed by atoms with E-state index >= 15 is 0 Å². The smallest absolute Gasteiger partial charge is 0.224 e. The van der Waals surface area contributed by atoms with Crippen LogP contribution in [0.3, 0.4) is 0 Å². The van der Waals surface area contributed by atoms with Gasteiger partial charge < -0.3 is 10.2 Å². The number of nitrogens with one attached hydrogen (secondary N) is 1. The van der Waals surface area contributed by atoms with Crippen molar-refractivity contribution in [3.63, 3.8) is 0 Å². The molecule has 19 heavy (non-hydrogen) atoms. The van der Waals surface area contributed by atoms with Crippen LogP contribution in [0.4, 0.5) is 0 Å². The van der Waals surface area contributed by atoms with Crippen LogP contribution in [-0.4, -0.2) is 47.4 Å². The van der Waals surface area contributed by atoms with Gasteiger partial charge in [-0.15, -0.1) is 0 Å². The monoisotopic (exact) mass is 283 g/mol. The van der Waals surface area contributed by atoms with Crippen molar-refractivity contribution >= 4 is 22.8 Å². The lowest BCUT2D eigenvalue weighted by molar-refractivity contribution is -0.130. The third-order valence-electron chi connectivity index (χ3n) is 4.10. The number of thioether (sulfide) groups is 1. The van der Waals surface area contributed by atoms with Crippen molar-refractivity contribution in [2.24, 2.45) is 10.9 Å². The molecule has 0 spiro atoms. The van der Waals surface area contributed by atoms with Crippen LogP contribution >= 0.6 is 11.8 Å². The lowest BCUT2D eigenvalue weighted by Gasteiger charge is -2.28. The van der Waals surface area contributed by atoms with Crippen LogP contribution in [-0.2, 0) is 4.79 Å². The van der Waals surface area contributed by atoms with Crippen LogP contribution in [0.5, 0.6) is 0 Å². The lowest BCUT2D eigenvalue weighted by Crippen LogP contribution is -2.41. The fourth-order valence-corrected chi connectivity index (χ4v) is 4.08. The molecule has 0 aromatic heterocycles. The first-order valence-electron chi connectivity index (χ1n) is 7.46. The van der Waals surface area contributed by atoms with Crippen molar-refractivity contribution < 1.29 is 4.79 Å². The number of hydrogen-bond donors (Lipinski definition) is 1. The number of hydrogen-bond acceptors (Lipinski definition) is 3. The first-order valence-corrected chi connectivity index (χ1v) is 8.44. The molecule has 0 bridgehead atoms. The quantitative estimate of drug-likeness (QED) is 0.840. The fraction of sp³-hybridized carbons (Fsp3) is 0.857. The summed E-state index contributed by atoms with van der Waals surface area (Å²) in [6, 6.07) is 0.637. The molecule has 2 aliphatic rings. The summed E-state index contributed by atoms with van der Waals surface area (Å²) in [4.78, 5) is 18.3. The van der Waals surface area contributed by atoms with Gasteiger partial charge in [-0.3, -0.25) is 9.79 Å². The summed E-state index contributed by atoms with van der Waals surface area (Å²) in [6.45, 7) is 6.24. The predicted octanol–water partition coefficient (Wildman–Crippen LogP) is 2.11. The number of rotatable bonds is 5. The maximum absolute atomic E-state index is 11.9. The van der Waals surface area contributed by atoms with Gasteiger partial charge in [0.25, 0.3) is 0 Å². The minimum atomic E-state index is 0.217. The first-order chi connectivity index (χ1) is 9.24. The van der Waals surface area contributed by atoms with E-state index in [9.17, 15) is 4.79 Å². The highest BCUT2D eigenvalue weighted by Crippen LogP contribution is 2.32. The SMILES string of the molecule is CCN(CC)C(=O)CCN=C1NC2CCCC2CS1. The third-order valence-corrected chi connectivity index (χ3v) is 5.21. The van der Waals surface area contributed by atoms with E-state index in [0.29, 0.717) is 19.0 Å². The summed E-state index contributed by atoms with van der Waals surface area (Å²) >= 11 is 1.83. The second-order valence-corrected chi connectivity index (χ2v) is 6.26. The Labute approximate surface area is 120 Å². The maximum atomic E-state index is 11.9. The summed E-state index contributed by atoms with van der Waals surface area (Å²) in [5, 5.41) is 4.59. The molecule has 1 amide bonds. The molecule has 2 atom stereocenters. The molecule has 2 unspecified atom stereocenters. The Kier molecular flexibility index (Phi) is 5.55. The molecular weight excluding hydrogens is 258 g/mol. The van der Waals surface area contributed by atoms with E-state index in [1.165, 1.54) is 25.0 Å². The summed E-state index contributed by atoms with van der Waals surface area (Å²) in [5.41, 5.74) is 0. The molecule has 1 saturated heterocycles. The number of aliphatic imine (C=N–C) groups is 1. The largest absolute Gasteiger partial charge is 0.362 e. The van der Waals surface area contributed by atoms with Crippen LogP contribution in [0, 0.1) is 5.92 Å². The molecule has 2 rings (SSSR count). The Morgan fingerprint density at radius 1 is 1.42 bits per heavy atom. The van der Waals surface area contributed by atoms with E-state index in [1.54, 1.807) is 0 Å². The van der Waals surface area contributed by atoms with Crippen LogP contribution < -0.4 is 5.32 Å². The van der Waals surface area contributed by atoms with Gasteiger partial charge >= 0.3 is 0 Å².